The molecule has 122 valence electrons. The van der Waals surface area contributed by atoms with Crippen LogP contribution in [0.25, 0.3) is 5.69 Å². The number of ether oxygens (including phenoxy) is 1. The molecule has 0 amide bonds. The number of para-hydroxylation sites is 2. The van der Waals surface area contributed by atoms with Crippen LogP contribution in [-0.2, 0) is 5.75 Å². The van der Waals surface area contributed by atoms with E-state index in [9.17, 15) is 9.18 Å². The predicted molar refractivity (Wildman–Crippen MR) is 92.3 cm³/mol. The third-order valence-electron chi connectivity index (χ3n) is 3.42. The third-order valence-corrected chi connectivity index (χ3v) is 4.45. The maximum Gasteiger partial charge on any atom is 0.287 e. The molecule has 0 unspecified atom stereocenters. The molecule has 0 atom stereocenters. The van der Waals surface area contributed by atoms with E-state index in [1.54, 1.807) is 37.7 Å². The molecule has 0 radical (unpaired) electrons. The lowest BCUT2D eigenvalue weighted by atomic mass is 10.2. The molecule has 0 fully saturated rings. The van der Waals surface area contributed by atoms with Crippen molar-refractivity contribution < 1.29 is 9.13 Å². The monoisotopic (exact) mass is 342 g/mol. The molecule has 0 aliphatic carbocycles. The van der Waals surface area contributed by atoms with E-state index in [-0.39, 0.29) is 11.4 Å². The van der Waals surface area contributed by atoms with Crippen LogP contribution in [0.4, 0.5) is 4.39 Å². The van der Waals surface area contributed by atoms with Gasteiger partial charge >= 0.3 is 0 Å². The molecular formula is C18H15FN2O2S. The molecule has 3 rings (SSSR count). The first-order valence-electron chi connectivity index (χ1n) is 7.27. The SMILES string of the molecule is COc1ccccc1-n1ccnc(SCc2cccc(F)c2)c1=O. The van der Waals surface area contributed by atoms with Crippen molar-refractivity contribution in [2.45, 2.75) is 10.8 Å². The fourth-order valence-corrected chi connectivity index (χ4v) is 3.13. The van der Waals surface area contributed by atoms with E-state index in [0.29, 0.717) is 22.2 Å². The Balaban J connectivity index is 1.90. The molecule has 0 spiro atoms. The van der Waals surface area contributed by atoms with Crippen molar-refractivity contribution in [3.63, 3.8) is 0 Å². The highest BCUT2D eigenvalue weighted by atomic mass is 32.2. The van der Waals surface area contributed by atoms with Gasteiger partial charge in [0, 0.05) is 18.1 Å². The van der Waals surface area contributed by atoms with Gasteiger partial charge in [0.25, 0.3) is 5.56 Å². The minimum Gasteiger partial charge on any atom is -0.495 e. The van der Waals surface area contributed by atoms with Crippen molar-refractivity contribution in [1.82, 2.24) is 9.55 Å². The van der Waals surface area contributed by atoms with Gasteiger partial charge in [-0.15, -0.1) is 0 Å². The van der Waals surface area contributed by atoms with Crippen LogP contribution in [-0.4, -0.2) is 16.7 Å². The number of hydrogen-bond acceptors (Lipinski definition) is 4. The quantitative estimate of drug-likeness (QED) is 0.664. The number of aromatic nitrogens is 2. The van der Waals surface area contributed by atoms with Crippen LogP contribution in [0.5, 0.6) is 5.75 Å². The van der Waals surface area contributed by atoms with Crippen molar-refractivity contribution in [1.29, 1.82) is 0 Å². The zero-order valence-corrected chi connectivity index (χ0v) is 13.8. The Kier molecular flexibility index (Phi) is 4.96. The summed E-state index contributed by atoms with van der Waals surface area (Å²) in [5.41, 5.74) is 1.22. The van der Waals surface area contributed by atoms with E-state index in [2.05, 4.69) is 4.98 Å². The zero-order chi connectivity index (χ0) is 16.9. The van der Waals surface area contributed by atoms with Gasteiger partial charge in [-0.05, 0) is 29.8 Å². The first kappa shape index (κ1) is 16.3. The van der Waals surface area contributed by atoms with Gasteiger partial charge in [0.15, 0.2) is 5.03 Å². The number of hydrogen-bond donors (Lipinski definition) is 0. The van der Waals surface area contributed by atoms with E-state index in [4.69, 9.17) is 4.74 Å². The highest BCUT2D eigenvalue weighted by molar-refractivity contribution is 7.98. The Morgan fingerprint density at radius 1 is 1.21 bits per heavy atom. The summed E-state index contributed by atoms with van der Waals surface area (Å²) in [5, 5.41) is 0.354. The third kappa shape index (κ3) is 3.49. The molecule has 0 aliphatic rings. The van der Waals surface area contributed by atoms with Crippen molar-refractivity contribution >= 4 is 11.8 Å². The molecule has 0 aliphatic heterocycles. The standard InChI is InChI=1S/C18H15FN2O2S/c1-23-16-8-3-2-7-15(16)21-10-9-20-17(18(21)22)24-12-13-5-4-6-14(19)11-13/h2-11H,12H2,1H3. The van der Waals surface area contributed by atoms with E-state index in [1.165, 1.54) is 28.5 Å². The van der Waals surface area contributed by atoms with Crippen molar-refractivity contribution in [3.05, 3.63) is 82.7 Å². The lowest BCUT2D eigenvalue weighted by molar-refractivity contribution is 0.412. The van der Waals surface area contributed by atoms with Gasteiger partial charge < -0.3 is 4.74 Å². The molecule has 2 aromatic carbocycles. The predicted octanol–water partition coefficient (Wildman–Crippen LogP) is 3.67. The maximum absolute atomic E-state index is 13.2. The van der Waals surface area contributed by atoms with Gasteiger partial charge in [0.2, 0.25) is 0 Å². The normalized spacial score (nSPS) is 10.6. The number of benzene rings is 2. The van der Waals surface area contributed by atoms with Crippen LogP contribution >= 0.6 is 11.8 Å². The molecule has 1 aromatic heterocycles. The van der Waals surface area contributed by atoms with E-state index < -0.39 is 0 Å². The largest absolute Gasteiger partial charge is 0.495 e. The van der Waals surface area contributed by atoms with Gasteiger partial charge in [0.05, 0.1) is 12.8 Å². The Morgan fingerprint density at radius 2 is 2.04 bits per heavy atom. The summed E-state index contributed by atoms with van der Waals surface area (Å²) in [7, 11) is 1.56. The van der Waals surface area contributed by atoms with Crippen LogP contribution in [0.2, 0.25) is 0 Å². The summed E-state index contributed by atoms with van der Waals surface area (Å²) in [6.07, 6.45) is 3.17. The van der Waals surface area contributed by atoms with Crippen molar-refractivity contribution in [2.75, 3.05) is 7.11 Å². The molecule has 1 heterocycles. The summed E-state index contributed by atoms with van der Waals surface area (Å²) >= 11 is 1.28. The van der Waals surface area contributed by atoms with Crippen LogP contribution < -0.4 is 10.3 Å². The highest BCUT2D eigenvalue weighted by Crippen LogP contribution is 2.22. The fourth-order valence-electron chi connectivity index (χ4n) is 2.29. The number of halogens is 1. The second-order valence-electron chi connectivity index (χ2n) is 5.00. The molecule has 24 heavy (non-hydrogen) atoms. The lowest BCUT2D eigenvalue weighted by Crippen LogP contribution is -2.20. The number of thioether (sulfide) groups is 1. The fraction of sp³-hybridized carbons (Fsp3) is 0.111. The van der Waals surface area contributed by atoms with Crippen LogP contribution in [0, 0.1) is 5.82 Å². The highest BCUT2D eigenvalue weighted by Gasteiger charge is 2.11. The van der Waals surface area contributed by atoms with Gasteiger partial charge in [-0.3, -0.25) is 9.36 Å². The topological polar surface area (TPSA) is 44.1 Å². The van der Waals surface area contributed by atoms with E-state index >= 15 is 0 Å². The van der Waals surface area contributed by atoms with Crippen LogP contribution in [0.3, 0.4) is 0 Å². The van der Waals surface area contributed by atoms with Gasteiger partial charge in [-0.25, -0.2) is 9.37 Å². The lowest BCUT2D eigenvalue weighted by Gasteiger charge is -2.11. The number of rotatable bonds is 5. The summed E-state index contributed by atoms with van der Waals surface area (Å²) in [6.45, 7) is 0. The van der Waals surface area contributed by atoms with E-state index in [0.717, 1.165) is 5.56 Å². The molecule has 3 aromatic rings. The smallest absolute Gasteiger partial charge is 0.287 e. The second kappa shape index (κ2) is 7.31. The molecule has 0 saturated carbocycles. The van der Waals surface area contributed by atoms with Gasteiger partial charge in [-0.1, -0.05) is 36.0 Å². The molecule has 0 saturated heterocycles. The van der Waals surface area contributed by atoms with Crippen molar-refractivity contribution in [2.24, 2.45) is 0 Å². The first-order valence-corrected chi connectivity index (χ1v) is 8.26. The van der Waals surface area contributed by atoms with E-state index in [1.807, 2.05) is 18.2 Å². The average Bonchev–Trinajstić information content (AvgIpc) is 2.61. The molecule has 0 N–H and O–H groups in total. The Bertz CT molecular complexity index is 911. The summed E-state index contributed by atoms with van der Waals surface area (Å²) in [5.74, 6) is 0.781. The summed E-state index contributed by atoms with van der Waals surface area (Å²) in [4.78, 5) is 16.8. The average molecular weight is 342 g/mol. The number of nitrogens with zero attached hydrogens (tertiary/aromatic N) is 2. The summed E-state index contributed by atoms with van der Waals surface area (Å²) < 4.78 is 20.0. The Labute approximate surface area is 142 Å². The minimum absolute atomic E-state index is 0.233. The van der Waals surface area contributed by atoms with Gasteiger partial charge in [-0.2, -0.15) is 0 Å². The maximum atomic E-state index is 13.2. The summed E-state index contributed by atoms with van der Waals surface area (Å²) in [6, 6.07) is 13.6. The molecule has 0 bridgehead atoms. The zero-order valence-electron chi connectivity index (χ0n) is 13.0. The number of methoxy groups -OCH3 is 1. The molecule has 6 heteroatoms. The van der Waals surface area contributed by atoms with Gasteiger partial charge in [0.1, 0.15) is 11.6 Å². The second-order valence-corrected chi connectivity index (χ2v) is 5.96. The molecular weight excluding hydrogens is 327 g/mol. The van der Waals surface area contributed by atoms with Crippen LogP contribution in [0.15, 0.2) is 70.7 Å². The molecule has 4 nitrogen and oxygen atoms in total. The minimum atomic E-state index is -0.291. The first-order chi connectivity index (χ1) is 11.7. The van der Waals surface area contributed by atoms with Crippen molar-refractivity contribution in [3.8, 4) is 11.4 Å². The Hall–Kier alpha value is -2.60. The Morgan fingerprint density at radius 3 is 2.83 bits per heavy atom. The van der Waals surface area contributed by atoms with Crippen LogP contribution in [0.1, 0.15) is 5.56 Å².